The third kappa shape index (κ3) is 3.13. The van der Waals surface area contributed by atoms with Gasteiger partial charge in [0.1, 0.15) is 0 Å². The molecule has 2 aliphatic carbocycles. The van der Waals surface area contributed by atoms with Crippen LogP contribution in [0, 0.1) is 11.3 Å². The van der Waals surface area contributed by atoms with E-state index in [1.54, 1.807) is 12.1 Å². The molecule has 0 aliphatic heterocycles. The van der Waals surface area contributed by atoms with Crippen LogP contribution < -0.4 is 5.32 Å². The molecular weight excluding hydrogens is 336 g/mol. The number of nitrogens with zero attached hydrogens (tertiary/aromatic N) is 3. The molecule has 134 valence electrons. The molecule has 1 N–H and O–H groups in total. The standard InChI is InChI=1S/C22H20N4O/c23-13-15-6-8-17(9-7-15)20-25-21(26-27-20)22(10-11-22)14-24-19-12-18(19)16-4-2-1-3-5-16/h1-9,18-19,24H,10-12,14H2/t18?,19-/m0/s1. The van der Waals surface area contributed by atoms with Gasteiger partial charge in [0.05, 0.1) is 11.6 Å². The molecule has 3 aromatic rings. The van der Waals surface area contributed by atoms with Gasteiger partial charge in [-0.1, -0.05) is 35.5 Å². The SMILES string of the molecule is N#Cc1ccc(-c2nc(C3(CN[C@H]4CC4c4ccccc4)CC3)no2)cc1. The van der Waals surface area contributed by atoms with Crippen LogP contribution in [0.4, 0.5) is 0 Å². The van der Waals surface area contributed by atoms with Crippen LogP contribution in [0.15, 0.2) is 59.1 Å². The lowest BCUT2D eigenvalue weighted by molar-refractivity contribution is 0.409. The largest absolute Gasteiger partial charge is 0.334 e. The van der Waals surface area contributed by atoms with Crippen molar-refractivity contribution in [3.8, 4) is 17.5 Å². The van der Waals surface area contributed by atoms with Gasteiger partial charge in [-0.25, -0.2) is 0 Å². The van der Waals surface area contributed by atoms with E-state index in [1.165, 1.54) is 12.0 Å². The first-order valence-electron chi connectivity index (χ1n) is 9.40. The molecule has 2 aromatic carbocycles. The molecule has 0 amide bonds. The molecule has 0 bridgehead atoms. The number of rotatable bonds is 6. The lowest BCUT2D eigenvalue weighted by Gasteiger charge is -2.12. The molecule has 1 heterocycles. The average Bonchev–Trinajstić information content (AvgIpc) is 3.64. The minimum absolute atomic E-state index is 0.0121. The summed E-state index contributed by atoms with van der Waals surface area (Å²) in [5.74, 6) is 1.95. The zero-order valence-corrected chi connectivity index (χ0v) is 14.9. The van der Waals surface area contributed by atoms with E-state index >= 15 is 0 Å². The number of nitrogens with one attached hydrogen (secondary N) is 1. The quantitative estimate of drug-likeness (QED) is 0.727. The van der Waals surface area contributed by atoms with Gasteiger partial charge in [0.2, 0.25) is 0 Å². The van der Waals surface area contributed by atoms with Crippen LogP contribution >= 0.6 is 0 Å². The summed E-state index contributed by atoms with van der Waals surface area (Å²) in [4.78, 5) is 4.65. The maximum absolute atomic E-state index is 8.91. The van der Waals surface area contributed by atoms with Gasteiger partial charge in [0.25, 0.3) is 5.89 Å². The Balaban J connectivity index is 1.24. The first-order valence-corrected chi connectivity index (χ1v) is 9.40. The summed E-state index contributed by atoms with van der Waals surface area (Å²) in [6.07, 6.45) is 3.38. The highest BCUT2D eigenvalue weighted by Crippen LogP contribution is 2.48. The first-order chi connectivity index (χ1) is 13.3. The van der Waals surface area contributed by atoms with Gasteiger partial charge in [0, 0.05) is 29.5 Å². The number of hydrogen-bond acceptors (Lipinski definition) is 5. The predicted octanol–water partition coefficient (Wildman–Crippen LogP) is 3.79. The molecule has 5 heteroatoms. The highest BCUT2D eigenvalue weighted by atomic mass is 16.5. The van der Waals surface area contributed by atoms with E-state index < -0.39 is 0 Å². The van der Waals surface area contributed by atoms with Crippen LogP contribution in [0.2, 0.25) is 0 Å². The molecule has 2 aliphatic rings. The van der Waals surface area contributed by atoms with Crippen molar-refractivity contribution in [3.63, 3.8) is 0 Å². The molecule has 1 unspecified atom stereocenters. The van der Waals surface area contributed by atoms with Crippen molar-refractivity contribution >= 4 is 0 Å². The zero-order valence-electron chi connectivity index (χ0n) is 14.9. The normalized spacial score (nSPS) is 22.2. The topological polar surface area (TPSA) is 74.7 Å². The van der Waals surface area contributed by atoms with Crippen molar-refractivity contribution in [2.24, 2.45) is 0 Å². The van der Waals surface area contributed by atoms with Crippen LogP contribution in [0.3, 0.4) is 0 Å². The molecule has 0 radical (unpaired) electrons. The van der Waals surface area contributed by atoms with E-state index in [9.17, 15) is 0 Å². The van der Waals surface area contributed by atoms with Crippen molar-refractivity contribution in [1.29, 1.82) is 5.26 Å². The lowest BCUT2D eigenvalue weighted by atomic mass is 10.1. The van der Waals surface area contributed by atoms with E-state index in [0.717, 1.165) is 30.8 Å². The Hall–Kier alpha value is -2.97. The minimum atomic E-state index is 0.0121. The van der Waals surface area contributed by atoms with Crippen LogP contribution in [0.5, 0.6) is 0 Å². The third-order valence-electron chi connectivity index (χ3n) is 5.74. The monoisotopic (exact) mass is 356 g/mol. The van der Waals surface area contributed by atoms with Gasteiger partial charge in [-0.15, -0.1) is 0 Å². The Kier molecular flexibility index (Phi) is 3.80. The maximum Gasteiger partial charge on any atom is 0.257 e. The minimum Gasteiger partial charge on any atom is -0.334 e. The van der Waals surface area contributed by atoms with Crippen molar-refractivity contribution in [2.45, 2.75) is 36.6 Å². The van der Waals surface area contributed by atoms with Gasteiger partial charge < -0.3 is 9.84 Å². The number of aromatic nitrogens is 2. The van der Waals surface area contributed by atoms with Crippen LogP contribution in [-0.4, -0.2) is 22.7 Å². The maximum atomic E-state index is 8.91. The first kappa shape index (κ1) is 16.2. The highest BCUT2D eigenvalue weighted by molar-refractivity contribution is 5.54. The molecule has 1 aromatic heterocycles. The van der Waals surface area contributed by atoms with Crippen molar-refractivity contribution in [1.82, 2.24) is 15.5 Å². The molecule has 0 spiro atoms. The Morgan fingerprint density at radius 2 is 1.89 bits per heavy atom. The fraction of sp³-hybridized carbons (Fsp3) is 0.318. The van der Waals surface area contributed by atoms with E-state index in [0.29, 0.717) is 23.4 Å². The molecular formula is C22H20N4O. The number of hydrogen-bond donors (Lipinski definition) is 1. The predicted molar refractivity (Wildman–Crippen MR) is 101 cm³/mol. The van der Waals surface area contributed by atoms with E-state index in [-0.39, 0.29) is 5.41 Å². The van der Waals surface area contributed by atoms with Gasteiger partial charge in [-0.05, 0) is 49.1 Å². The van der Waals surface area contributed by atoms with E-state index in [2.05, 4.69) is 51.9 Å². The lowest BCUT2D eigenvalue weighted by Crippen LogP contribution is -2.30. The molecule has 2 saturated carbocycles. The summed E-state index contributed by atoms with van der Waals surface area (Å²) >= 11 is 0. The highest BCUT2D eigenvalue weighted by Gasteiger charge is 2.50. The fourth-order valence-electron chi connectivity index (χ4n) is 3.69. The molecule has 5 nitrogen and oxygen atoms in total. The summed E-state index contributed by atoms with van der Waals surface area (Å²) in [6, 6.07) is 20.6. The second-order valence-electron chi connectivity index (χ2n) is 7.63. The second kappa shape index (κ2) is 6.33. The Bertz CT molecular complexity index is 983. The smallest absolute Gasteiger partial charge is 0.257 e. The van der Waals surface area contributed by atoms with Crippen molar-refractivity contribution in [2.75, 3.05) is 6.54 Å². The summed E-state index contributed by atoms with van der Waals surface area (Å²) in [5.41, 5.74) is 2.90. The van der Waals surface area contributed by atoms with Gasteiger partial charge in [-0.3, -0.25) is 0 Å². The van der Waals surface area contributed by atoms with E-state index in [1.807, 2.05) is 12.1 Å². The van der Waals surface area contributed by atoms with Gasteiger partial charge in [0.15, 0.2) is 5.82 Å². The van der Waals surface area contributed by atoms with E-state index in [4.69, 9.17) is 9.78 Å². The van der Waals surface area contributed by atoms with Crippen molar-refractivity contribution < 1.29 is 4.52 Å². The van der Waals surface area contributed by atoms with Gasteiger partial charge >= 0.3 is 0 Å². The average molecular weight is 356 g/mol. The third-order valence-corrected chi connectivity index (χ3v) is 5.74. The summed E-state index contributed by atoms with van der Waals surface area (Å²) in [6.45, 7) is 0.896. The Morgan fingerprint density at radius 3 is 2.59 bits per heavy atom. The summed E-state index contributed by atoms with van der Waals surface area (Å²) in [5, 5.41) is 16.9. The van der Waals surface area contributed by atoms with Crippen molar-refractivity contribution in [3.05, 3.63) is 71.5 Å². The van der Waals surface area contributed by atoms with Crippen LogP contribution in [-0.2, 0) is 5.41 Å². The Morgan fingerprint density at radius 1 is 1.11 bits per heavy atom. The molecule has 2 atom stereocenters. The Labute approximate surface area is 158 Å². The number of nitriles is 1. The van der Waals surface area contributed by atoms with Gasteiger partial charge in [-0.2, -0.15) is 10.2 Å². The van der Waals surface area contributed by atoms with Crippen LogP contribution in [0.1, 0.15) is 42.1 Å². The molecule has 27 heavy (non-hydrogen) atoms. The summed E-state index contributed by atoms with van der Waals surface area (Å²) in [7, 11) is 0. The fourth-order valence-corrected chi connectivity index (χ4v) is 3.69. The number of benzene rings is 2. The zero-order chi connectivity index (χ0) is 18.3. The molecule has 5 rings (SSSR count). The molecule has 2 fully saturated rings. The molecule has 0 saturated heterocycles. The van der Waals surface area contributed by atoms with Crippen LogP contribution in [0.25, 0.3) is 11.5 Å². The summed E-state index contributed by atoms with van der Waals surface area (Å²) < 4.78 is 5.49. The second-order valence-corrected chi connectivity index (χ2v) is 7.63.